The van der Waals surface area contributed by atoms with Crippen LogP contribution in [0.3, 0.4) is 0 Å². The number of rotatable bonds is 8. The van der Waals surface area contributed by atoms with Crippen LogP contribution in [0.1, 0.15) is 81.8 Å². The number of hydrogen-bond donors (Lipinski definition) is 0. The summed E-state index contributed by atoms with van der Waals surface area (Å²) in [5.74, 6) is 0.0101. The van der Waals surface area contributed by atoms with Gasteiger partial charge in [-0.1, -0.05) is 62.8 Å². The van der Waals surface area contributed by atoms with Crippen LogP contribution in [0.4, 0.5) is 0 Å². The quantitative estimate of drug-likeness (QED) is 0.451. The second-order valence-corrected chi connectivity index (χ2v) is 9.14. The van der Waals surface area contributed by atoms with Gasteiger partial charge in [0.15, 0.2) is 0 Å². The third-order valence-electron chi connectivity index (χ3n) is 6.86. The first-order chi connectivity index (χ1) is 16.1. The van der Waals surface area contributed by atoms with Crippen molar-refractivity contribution in [3.63, 3.8) is 0 Å². The van der Waals surface area contributed by atoms with Crippen LogP contribution in [0.15, 0.2) is 42.6 Å². The molecule has 1 aliphatic carbocycles. The molecule has 1 aromatic carbocycles. The Morgan fingerprint density at radius 1 is 1.00 bits per heavy atom. The lowest BCUT2D eigenvalue weighted by atomic mass is 9.70. The Morgan fingerprint density at radius 2 is 1.70 bits per heavy atom. The molecule has 5 heteroatoms. The van der Waals surface area contributed by atoms with Crippen LogP contribution in [0, 0.1) is 16.7 Å². The molecule has 5 nitrogen and oxygen atoms in total. The molecule has 0 bridgehead atoms. The summed E-state index contributed by atoms with van der Waals surface area (Å²) in [6.07, 6.45) is 12.5. The smallest absolute Gasteiger partial charge is 0.305 e. The number of ether oxygens (including phenoxy) is 1. The van der Waals surface area contributed by atoms with E-state index >= 15 is 0 Å². The molecule has 0 unspecified atom stereocenters. The van der Waals surface area contributed by atoms with Crippen molar-refractivity contribution in [2.75, 3.05) is 7.11 Å². The van der Waals surface area contributed by atoms with Gasteiger partial charge < -0.3 is 4.74 Å². The standard InChI is InChI=1S/C28H34N2O3/c1-33-27(32)14-10-13-26(31)28(17-8-4-2-3-5-9-18-28)19-22-15-16-25(30-21-22)24-12-7-6-11-23(24)20-29/h6-7,11-12,15-16,21H,2-5,8-10,13-14,17-19H2,1H3. The zero-order valence-electron chi connectivity index (χ0n) is 19.6. The first kappa shape index (κ1) is 24.6. The van der Waals surface area contributed by atoms with Crippen molar-refractivity contribution in [2.24, 2.45) is 5.41 Å². The molecular formula is C28H34N2O3. The van der Waals surface area contributed by atoms with Crippen molar-refractivity contribution in [1.29, 1.82) is 5.26 Å². The van der Waals surface area contributed by atoms with E-state index in [-0.39, 0.29) is 18.2 Å². The number of benzene rings is 1. The van der Waals surface area contributed by atoms with Crippen LogP contribution >= 0.6 is 0 Å². The average Bonchev–Trinajstić information content (AvgIpc) is 2.97. The van der Waals surface area contributed by atoms with Gasteiger partial charge in [-0.05, 0) is 43.4 Å². The van der Waals surface area contributed by atoms with Gasteiger partial charge in [-0.25, -0.2) is 0 Å². The number of nitriles is 1. The van der Waals surface area contributed by atoms with Gasteiger partial charge in [0, 0.05) is 30.0 Å². The summed E-state index contributed by atoms with van der Waals surface area (Å²) < 4.78 is 4.74. The van der Waals surface area contributed by atoms with Gasteiger partial charge in [-0.15, -0.1) is 0 Å². The predicted octanol–water partition coefficient (Wildman–Crippen LogP) is 6.20. The van der Waals surface area contributed by atoms with Gasteiger partial charge in [0.1, 0.15) is 5.78 Å². The maximum atomic E-state index is 13.5. The van der Waals surface area contributed by atoms with Gasteiger partial charge in [0.25, 0.3) is 0 Å². The fourth-order valence-electron chi connectivity index (χ4n) is 4.96. The Labute approximate surface area is 197 Å². The molecule has 1 heterocycles. The molecule has 2 aromatic rings. The highest BCUT2D eigenvalue weighted by atomic mass is 16.5. The summed E-state index contributed by atoms with van der Waals surface area (Å²) in [4.78, 5) is 29.7. The molecule has 0 radical (unpaired) electrons. The highest BCUT2D eigenvalue weighted by Crippen LogP contribution is 2.39. The number of carbonyl (C=O) groups excluding carboxylic acids is 2. The zero-order valence-corrected chi connectivity index (χ0v) is 19.6. The first-order valence-electron chi connectivity index (χ1n) is 12.1. The molecule has 0 spiro atoms. The Bertz CT molecular complexity index is 965. The van der Waals surface area contributed by atoms with E-state index in [1.54, 1.807) is 6.07 Å². The van der Waals surface area contributed by atoms with Gasteiger partial charge in [0.05, 0.1) is 24.4 Å². The van der Waals surface area contributed by atoms with Gasteiger partial charge >= 0.3 is 5.97 Å². The normalized spacial score (nSPS) is 16.0. The molecule has 1 fully saturated rings. The summed E-state index contributed by atoms with van der Waals surface area (Å²) in [5, 5.41) is 9.39. The largest absolute Gasteiger partial charge is 0.469 e. The molecule has 0 atom stereocenters. The average molecular weight is 447 g/mol. The van der Waals surface area contributed by atoms with E-state index in [4.69, 9.17) is 4.74 Å². The zero-order chi connectivity index (χ0) is 23.5. The predicted molar refractivity (Wildman–Crippen MR) is 128 cm³/mol. The molecule has 0 saturated heterocycles. The molecular weight excluding hydrogens is 412 g/mol. The molecule has 0 amide bonds. The van der Waals surface area contributed by atoms with E-state index in [0.29, 0.717) is 24.8 Å². The lowest BCUT2D eigenvalue weighted by Gasteiger charge is -2.33. The molecule has 0 N–H and O–H groups in total. The van der Waals surface area contributed by atoms with Crippen molar-refractivity contribution in [3.05, 3.63) is 53.7 Å². The number of esters is 1. The van der Waals surface area contributed by atoms with Crippen molar-refractivity contribution >= 4 is 11.8 Å². The summed E-state index contributed by atoms with van der Waals surface area (Å²) in [6.45, 7) is 0. The molecule has 0 aliphatic heterocycles. The molecule has 33 heavy (non-hydrogen) atoms. The third kappa shape index (κ3) is 6.74. The second kappa shape index (κ2) is 12.3. The highest BCUT2D eigenvalue weighted by molar-refractivity contribution is 5.85. The van der Waals surface area contributed by atoms with Crippen molar-refractivity contribution in [3.8, 4) is 17.3 Å². The van der Waals surface area contributed by atoms with E-state index in [1.807, 2.05) is 36.5 Å². The Balaban J connectivity index is 1.80. The Hall–Kier alpha value is -3.00. The van der Waals surface area contributed by atoms with Gasteiger partial charge in [-0.2, -0.15) is 5.26 Å². The monoisotopic (exact) mass is 446 g/mol. The summed E-state index contributed by atoms with van der Waals surface area (Å²) >= 11 is 0. The Kier molecular flexibility index (Phi) is 9.18. The van der Waals surface area contributed by atoms with E-state index in [1.165, 1.54) is 32.8 Å². The van der Waals surface area contributed by atoms with Crippen LogP contribution in [0.5, 0.6) is 0 Å². The molecule has 174 valence electrons. The molecule has 1 aromatic heterocycles. The number of aromatic nitrogens is 1. The molecule has 1 aliphatic rings. The summed E-state index contributed by atoms with van der Waals surface area (Å²) in [7, 11) is 1.38. The van der Waals surface area contributed by atoms with E-state index in [0.717, 1.165) is 42.5 Å². The van der Waals surface area contributed by atoms with Crippen LogP contribution in [0.2, 0.25) is 0 Å². The van der Waals surface area contributed by atoms with Crippen molar-refractivity contribution in [1.82, 2.24) is 4.98 Å². The fraction of sp³-hybridized carbons (Fsp3) is 0.500. The number of nitrogens with zero attached hydrogens (tertiary/aromatic N) is 2. The van der Waals surface area contributed by atoms with Crippen LogP contribution < -0.4 is 0 Å². The summed E-state index contributed by atoms with van der Waals surface area (Å²) in [5.41, 5.74) is 2.85. The van der Waals surface area contributed by atoms with E-state index in [9.17, 15) is 14.9 Å². The first-order valence-corrected chi connectivity index (χ1v) is 12.1. The lowest BCUT2D eigenvalue weighted by Crippen LogP contribution is -2.34. The second-order valence-electron chi connectivity index (χ2n) is 9.14. The van der Waals surface area contributed by atoms with Crippen molar-refractivity contribution in [2.45, 2.75) is 77.0 Å². The number of Topliss-reactive ketones (excluding diaryl/α,β-unsaturated/α-hetero) is 1. The molecule has 3 rings (SSSR count). The van der Waals surface area contributed by atoms with Crippen LogP contribution in [0.25, 0.3) is 11.3 Å². The fourth-order valence-corrected chi connectivity index (χ4v) is 4.96. The van der Waals surface area contributed by atoms with Gasteiger partial charge in [-0.3, -0.25) is 14.6 Å². The highest BCUT2D eigenvalue weighted by Gasteiger charge is 2.37. The number of pyridine rings is 1. The maximum absolute atomic E-state index is 13.5. The minimum absolute atomic E-state index is 0.260. The Morgan fingerprint density at radius 3 is 2.33 bits per heavy atom. The van der Waals surface area contributed by atoms with Crippen LogP contribution in [-0.2, 0) is 20.7 Å². The number of hydrogen-bond acceptors (Lipinski definition) is 5. The third-order valence-corrected chi connectivity index (χ3v) is 6.86. The SMILES string of the molecule is COC(=O)CCCC(=O)C1(Cc2ccc(-c3ccccc3C#N)nc2)CCCCCCCC1. The maximum Gasteiger partial charge on any atom is 0.305 e. The topological polar surface area (TPSA) is 80.0 Å². The number of methoxy groups -OCH3 is 1. The number of ketones is 1. The van der Waals surface area contributed by atoms with Crippen LogP contribution in [-0.4, -0.2) is 23.8 Å². The number of carbonyl (C=O) groups is 2. The van der Waals surface area contributed by atoms with Gasteiger partial charge in [0.2, 0.25) is 0 Å². The minimum Gasteiger partial charge on any atom is -0.469 e. The minimum atomic E-state index is -0.395. The lowest BCUT2D eigenvalue weighted by molar-refractivity contribution is -0.140. The summed E-state index contributed by atoms with van der Waals surface area (Å²) in [6, 6.07) is 13.7. The van der Waals surface area contributed by atoms with E-state index < -0.39 is 5.41 Å². The molecule has 1 saturated carbocycles. The van der Waals surface area contributed by atoms with E-state index in [2.05, 4.69) is 11.1 Å². The van der Waals surface area contributed by atoms with Crippen molar-refractivity contribution < 1.29 is 14.3 Å².